The Labute approximate surface area is 178 Å². The summed E-state index contributed by atoms with van der Waals surface area (Å²) in [6.07, 6.45) is 2.41. The number of aromatic amines is 1. The maximum atomic E-state index is 12.0. The van der Waals surface area contributed by atoms with Gasteiger partial charge in [0.1, 0.15) is 11.9 Å². The molecule has 1 amide bonds. The molecule has 2 heterocycles. The Kier molecular flexibility index (Phi) is 7.55. The molecule has 0 saturated carbocycles. The number of rotatable bonds is 7. The third-order valence-electron chi connectivity index (χ3n) is 4.74. The first-order valence-corrected chi connectivity index (χ1v) is 10.2. The van der Waals surface area contributed by atoms with Gasteiger partial charge in [0, 0.05) is 44.5 Å². The predicted molar refractivity (Wildman–Crippen MR) is 112 cm³/mol. The smallest absolute Gasteiger partial charge is 0.252 e. The fourth-order valence-corrected chi connectivity index (χ4v) is 3.47. The van der Waals surface area contributed by atoms with E-state index in [-0.39, 0.29) is 24.1 Å². The molecular formula is C20H23Cl2N3O4. The minimum atomic E-state index is -0.686. The van der Waals surface area contributed by atoms with Crippen LogP contribution in [0.5, 0.6) is 5.75 Å². The SMILES string of the molecule is O=C(NC[C@@H](O)CN1CCC(Oc2ccc(Cl)c(Cl)c2)CC1)c1ccc(=O)[nH]c1. The molecule has 29 heavy (non-hydrogen) atoms. The van der Waals surface area contributed by atoms with Gasteiger partial charge in [0.15, 0.2) is 0 Å². The molecule has 0 spiro atoms. The third kappa shape index (κ3) is 6.47. The molecule has 1 aliphatic heterocycles. The van der Waals surface area contributed by atoms with Gasteiger partial charge in [-0.3, -0.25) is 9.59 Å². The molecule has 3 rings (SSSR count). The zero-order chi connectivity index (χ0) is 20.8. The molecule has 0 aliphatic carbocycles. The van der Waals surface area contributed by atoms with E-state index < -0.39 is 6.10 Å². The van der Waals surface area contributed by atoms with Gasteiger partial charge in [0.05, 0.1) is 21.7 Å². The number of pyridine rings is 1. The fraction of sp³-hybridized carbons (Fsp3) is 0.400. The normalized spacial score (nSPS) is 16.4. The number of amides is 1. The number of β-amino-alcohol motifs (C(OH)–C–C–N with tert-alkyl or cyclic N) is 1. The molecule has 3 N–H and O–H groups in total. The molecule has 1 aromatic heterocycles. The molecule has 1 aliphatic rings. The van der Waals surface area contributed by atoms with Gasteiger partial charge in [-0.15, -0.1) is 0 Å². The van der Waals surface area contributed by atoms with E-state index in [1.807, 2.05) is 0 Å². The fourth-order valence-electron chi connectivity index (χ4n) is 3.18. The number of ether oxygens (including phenoxy) is 1. The molecule has 1 fully saturated rings. The summed E-state index contributed by atoms with van der Waals surface area (Å²) in [5.74, 6) is 0.358. The largest absolute Gasteiger partial charge is 0.490 e. The van der Waals surface area contributed by atoms with E-state index in [2.05, 4.69) is 15.2 Å². The van der Waals surface area contributed by atoms with Crippen molar-refractivity contribution in [3.05, 3.63) is 62.5 Å². The Morgan fingerprint density at radius 1 is 1.24 bits per heavy atom. The van der Waals surface area contributed by atoms with Gasteiger partial charge in [-0.2, -0.15) is 0 Å². The van der Waals surface area contributed by atoms with Crippen LogP contribution in [0.2, 0.25) is 10.0 Å². The molecule has 1 saturated heterocycles. The second-order valence-corrected chi connectivity index (χ2v) is 7.81. The summed E-state index contributed by atoms with van der Waals surface area (Å²) >= 11 is 11.9. The third-order valence-corrected chi connectivity index (χ3v) is 5.48. The van der Waals surface area contributed by atoms with Gasteiger partial charge in [0.2, 0.25) is 5.56 Å². The van der Waals surface area contributed by atoms with Crippen molar-refractivity contribution in [3.63, 3.8) is 0 Å². The van der Waals surface area contributed by atoms with Gasteiger partial charge >= 0.3 is 0 Å². The second-order valence-electron chi connectivity index (χ2n) is 7.00. The van der Waals surface area contributed by atoms with Crippen LogP contribution in [-0.4, -0.2) is 59.3 Å². The first-order valence-electron chi connectivity index (χ1n) is 9.40. The standard InChI is InChI=1S/C20H23Cl2N3O4/c21-17-3-2-16(9-18(17)22)29-15-5-7-25(8-6-15)12-14(26)11-24-20(28)13-1-4-19(27)23-10-13/h1-4,9-10,14-15,26H,5-8,11-12H2,(H,23,27)(H,24,28)/t14-/m1/s1. The predicted octanol–water partition coefficient (Wildman–Crippen LogP) is 2.32. The number of aromatic nitrogens is 1. The van der Waals surface area contributed by atoms with E-state index >= 15 is 0 Å². The lowest BCUT2D eigenvalue weighted by atomic mass is 10.1. The number of nitrogens with zero attached hydrogens (tertiary/aromatic N) is 1. The topological polar surface area (TPSA) is 94.7 Å². The van der Waals surface area contributed by atoms with Crippen molar-refractivity contribution in [3.8, 4) is 5.75 Å². The number of nitrogens with one attached hydrogen (secondary N) is 2. The van der Waals surface area contributed by atoms with Crippen LogP contribution in [0.1, 0.15) is 23.2 Å². The number of H-pyrrole nitrogens is 1. The monoisotopic (exact) mass is 439 g/mol. The summed E-state index contributed by atoms with van der Waals surface area (Å²) in [6, 6.07) is 7.96. The van der Waals surface area contributed by atoms with E-state index in [4.69, 9.17) is 27.9 Å². The van der Waals surface area contributed by atoms with Crippen molar-refractivity contribution in [1.82, 2.24) is 15.2 Å². The van der Waals surface area contributed by atoms with Crippen molar-refractivity contribution in [2.75, 3.05) is 26.2 Å². The minimum Gasteiger partial charge on any atom is -0.490 e. The van der Waals surface area contributed by atoms with E-state index in [1.165, 1.54) is 18.3 Å². The number of aliphatic hydroxyl groups is 1. The number of halogens is 2. The van der Waals surface area contributed by atoms with Gasteiger partial charge in [-0.05, 0) is 31.0 Å². The lowest BCUT2D eigenvalue weighted by molar-refractivity contribution is 0.0594. The molecule has 0 radical (unpaired) electrons. The Morgan fingerprint density at radius 3 is 2.66 bits per heavy atom. The van der Waals surface area contributed by atoms with Crippen LogP contribution in [0.4, 0.5) is 0 Å². The molecule has 0 unspecified atom stereocenters. The molecule has 2 aromatic rings. The Balaban J connectivity index is 1.38. The van der Waals surface area contributed by atoms with Crippen LogP contribution >= 0.6 is 23.2 Å². The Bertz CT molecular complexity index is 877. The average Bonchev–Trinajstić information content (AvgIpc) is 2.71. The van der Waals surface area contributed by atoms with Crippen LogP contribution in [0.25, 0.3) is 0 Å². The summed E-state index contributed by atoms with van der Waals surface area (Å²) in [5, 5.41) is 13.9. The van der Waals surface area contributed by atoms with Crippen molar-refractivity contribution in [2.45, 2.75) is 25.0 Å². The van der Waals surface area contributed by atoms with E-state index in [1.54, 1.807) is 18.2 Å². The number of hydrogen-bond acceptors (Lipinski definition) is 5. The molecular weight excluding hydrogens is 417 g/mol. The van der Waals surface area contributed by atoms with Crippen molar-refractivity contribution in [2.24, 2.45) is 0 Å². The summed E-state index contributed by atoms with van der Waals surface area (Å²) in [7, 11) is 0. The molecule has 156 valence electrons. The highest BCUT2D eigenvalue weighted by atomic mass is 35.5. The zero-order valence-corrected chi connectivity index (χ0v) is 17.2. The van der Waals surface area contributed by atoms with Crippen LogP contribution in [0.3, 0.4) is 0 Å². The number of carbonyl (C=O) groups excluding carboxylic acids is 1. The summed E-state index contributed by atoms with van der Waals surface area (Å²) < 4.78 is 5.97. The second kappa shape index (κ2) is 10.1. The minimum absolute atomic E-state index is 0.0839. The summed E-state index contributed by atoms with van der Waals surface area (Å²) in [4.78, 5) is 27.6. The first-order chi connectivity index (χ1) is 13.9. The molecule has 0 bridgehead atoms. The first kappa shape index (κ1) is 21.6. The quantitative estimate of drug-likeness (QED) is 0.615. The highest BCUT2D eigenvalue weighted by Crippen LogP contribution is 2.28. The molecule has 1 atom stereocenters. The molecule has 1 aromatic carbocycles. The maximum absolute atomic E-state index is 12.0. The average molecular weight is 440 g/mol. The highest BCUT2D eigenvalue weighted by Gasteiger charge is 2.22. The van der Waals surface area contributed by atoms with Crippen molar-refractivity contribution in [1.29, 1.82) is 0 Å². The van der Waals surface area contributed by atoms with Crippen molar-refractivity contribution < 1.29 is 14.6 Å². The van der Waals surface area contributed by atoms with Gasteiger partial charge in [-0.25, -0.2) is 0 Å². The summed E-state index contributed by atoms with van der Waals surface area (Å²) in [6.45, 7) is 2.18. The number of piperidine rings is 1. The van der Waals surface area contributed by atoms with Crippen LogP contribution in [0.15, 0.2) is 41.3 Å². The zero-order valence-electron chi connectivity index (χ0n) is 15.7. The van der Waals surface area contributed by atoms with E-state index in [9.17, 15) is 14.7 Å². The number of aliphatic hydroxyl groups excluding tert-OH is 1. The highest BCUT2D eigenvalue weighted by molar-refractivity contribution is 6.42. The number of hydrogen-bond donors (Lipinski definition) is 3. The van der Waals surface area contributed by atoms with E-state index in [0.29, 0.717) is 27.9 Å². The van der Waals surface area contributed by atoms with Crippen LogP contribution in [0, 0.1) is 0 Å². The van der Waals surface area contributed by atoms with Crippen molar-refractivity contribution >= 4 is 29.1 Å². The number of carbonyl (C=O) groups is 1. The van der Waals surface area contributed by atoms with Gasteiger partial charge in [-0.1, -0.05) is 23.2 Å². The van der Waals surface area contributed by atoms with Gasteiger partial charge < -0.3 is 25.0 Å². The Hall–Kier alpha value is -2.06. The summed E-state index contributed by atoms with van der Waals surface area (Å²) in [5.41, 5.74) is 0.0743. The lowest BCUT2D eigenvalue weighted by Gasteiger charge is -2.33. The van der Waals surface area contributed by atoms with Gasteiger partial charge in [0.25, 0.3) is 5.91 Å². The van der Waals surface area contributed by atoms with E-state index in [0.717, 1.165) is 25.9 Å². The number of benzene rings is 1. The molecule has 9 heteroatoms. The Morgan fingerprint density at radius 2 is 2.00 bits per heavy atom. The maximum Gasteiger partial charge on any atom is 0.252 e. The van der Waals surface area contributed by atoms with Crippen LogP contribution in [-0.2, 0) is 0 Å². The lowest BCUT2D eigenvalue weighted by Crippen LogP contribution is -2.45. The molecule has 7 nitrogen and oxygen atoms in total. The number of likely N-dealkylation sites (tertiary alicyclic amines) is 1. The van der Waals surface area contributed by atoms with Crippen LogP contribution < -0.4 is 15.6 Å².